The van der Waals surface area contributed by atoms with Gasteiger partial charge in [0.05, 0.1) is 12.3 Å². The van der Waals surface area contributed by atoms with E-state index in [9.17, 15) is 10.2 Å². The molecule has 0 aliphatic heterocycles. The third-order valence-electron chi connectivity index (χ3n) is 4.64. The zero-order valence-corrected chi connectivity index (χ0v) is 20.1. The van der Waals surface area contributed by atoms with E-state index in [4.69, 9.17) is 20.4 Å². The van der Waals surface area contributed by atoms with E-state index in [0.29, 0.717) is 5.56 Å². The van der Waals surface area contributed by atoms with Crippen molar-refractivity contribution in [2.24, 2.45) is 5.14 Å². The number of thiophene rings is 1. The SMILES string of the molecule is C=C/C(Cc1cc2cccc(-c3cc(C(O)CO)ccn3)c2s1)=C(/Cl)CCC.NS(=O)[O-]. The van der Waals surface area contributed by atoms with Crippen LogP contribution in [0.4, 0.5) is 0 Å². The number of benzene rings is 1. The number of aliphatic hydroxyl groups excluding tert-OH is 2. The van der Waals surface area contributed by atoms with Crippen molar-refractivity contribution in [3.8, 4) is 11.3 Å². The van der Waals surface area contributed by atoms with Crippen LogP contribution < -0.4 is 5.14 Å². The Bertz CT molecular complexity index is 1110. The van der Waals surface area contributed by atoms with Gasteiger partial charge in [0.2, 0.25) is 0 Å². The molecule has 0 saturated heterocycles. The molecule has 2 atom stereocenters. The Labute approximate surface area is 199 Å². The Morgan fingerprint density at radius 2 is 2.12 bits per heavy atom. The lowest BCUT2D eigenvalue weighted by molar-refractivity contribution is 0.0956. The number of rotatable bonds is 8. The molecule has 172 valence electrons. The molecular formula is C23H26ClN2O4S2-. The van der Waals surface area contributed by atoms with Gasteiger partial charge < -0.3 is 14.8 Å². The maximum atomic E-state index is 9.94. The number of fused-ring (bicyclic) bond motifs is 1. The second-order valence-corrected chi connectivity index (χ2v) is 9.04. The highest BCUT2D eigenvalue weighted by Gasteiger charge is 2.13. The fraction of sp³-hybridized carbons (Fsp3) is 0.261. The molecule has 9 heteroatoms. The van der Waals surface area contributed by atoms with Crippen molar-refractivity contribution in [1.82, 2.24) is 4.98 Å². The number of aliphatic hydroxyl groups is 2. The maximum absolute atomic E-state index is 9.94. The van der Waals surface area contributed by atoms with E-state index in [-0.39, 0.29) is 6.61 Å². The van der Waals surface area contributed by atoms with Gasteiger partial charge in [0.1, 0.15) is 6.10 Å². The van der Waals surface area contributed by atoms with Gasteiger partial charge in [-0.25, -0.2) is 0 Å². The van der Waals surface area contributed by atoms with Crippen LogP contribution >= 0.6 is 22.9 Å². The molecule has 0 amide bonds. The fourth-order valence-corrected chi connectivity index (χ4v) is 4.69. The summed E-state index contributed by atoms with van der Waals surface area (Å²) < 4.78 is 18.7. The molecule has 0 spiro atoms. The largest absolute Gasteiger partial charge is 0.760 e. The quantitative estimate of drug-likeness (QED) is 0.309. The number of halogens is 1. The number of pyridine rings is 1. The second-order valence-electron chi connectivity index (χ2n) is 6.93. The molecule has 0 radical (unpaired) electrons. The number of nitrogens with two attached hydrogens (primary N) is 1. The molecule has 32 heavy (non-hydrogen) atoms. The van der Waals surface area contributed by atoms with Gasteiger partial charge in [0, 0.05) is 44.1 Å². The van der Waals surface area contributed by atoms with Gasteiger partial charge in [0.25, 0.3) is 0 Å². The summed E-state index contributed by atoms with van der Waals surface area (Å²) in [6.07, 6.45) is 5.25. The number of aromatic nitrogens is 1. The summed E-state index contributed by atoms with van der Waals surface area (Å²) in [5, 5.41) is 25.2. The van der Waals surface area contributed by atoms with Gasteiger partial charge >= 0.3 is 0 Å². The zero-order valence-electron chi connectivity index (χ0n) is 17.7. The van der Waals surface area contributed by atoms with Crippen molar-refractivity contribution < 1.29 is 19.0 Å². The molecule has 0 bridgehead atoms. The van der Waals surface area contributed by atoms with E-state index in [1.54, 1.807) is 23.6 Å². The second kappa shape index (κ2) is 13.0. The molecule has 0 aliphatic rings. The predicted molar refractivity (Wildman–Crippen MR) is 132 cm³/mol. The number of allylic oxidation sites excluding steroid dienone is 3. The van der Waals surface area contributed by atoms with E-state index < -0.39 is 17.4 Å². The predicted octanol–water partition coefficient (Wildman–Crippen LogP) is 4.75. The third kappa shape index (κ3) is 7.31. The van der Waals surface area contributed by atoms with Gasteiger partial charge in [-0.2, -0.15) is 0 Å². The molecule has 1 aromatic carbocycles. The van der Waals surface area contributed by atoms with E-state index in [1.807, 2.05) is 24.3 Å². The topological polar surface area (TPSA) is 120 Å². The number of nitrogens with zero attached hydrogens (tertiary/aromatic N) is 1. The van der Waals surface area contributed by atoms with Crippen molar-refractivity contribution in [1.29, 1.82) is 0 Å². The van der Waals surface area contributed by atoms with Gasteiger partial charge in [-0.15, -0.1) is 11.3 Å². The minimum atomic E-state index is -2.36. The van der Waals surface area contributed by atoms with Crippen molar-refractivity contribution in [2.75, 3.05) is 6.61 Å². The first-order valence-corrected chi connectivity index (χ1v) is 12.2. The van der Waals surface area contributed by atoms with Crippen molar-refractivity contribution in [3.63, 3.8) is 0 Å². The average Bonchev–Trinajstić information content (AvgIpc) is 3.19. The molecule has 3 rings (SSSR count). The summed E-state index contributed by atoms with van der Waals surface area (Å²) in [5.74, 6) is 0. The molecule has 6 nitrogen and oxygen atoms in total. The van der Waals surface area contributed by atoms with Crippen LogP contribution in [0.25, 0.3) is 21.3 Å². The van der Waals surface area contributed by atoms with E-state index in [2.05, 4.69) is 35.8 Å². The normalized spacial score (nSPS) is 13.7. The highest BCUT2D eigenvalue weighted by Crippen LogP contribution is 2.36. The molecule has 0 fully saturated rings. The summed E-state index contributed by atoms with van der Waals surface area (Å²) >= 11 is 5.81. The summed E-state index contributed by atoms with van der Waals surface area (Å²) in [7, 11) is 0. The van der Waals surface area contributed by atoms with Crippen molar-refractivity contribution in [2.45, 2.75) is 32.3 Å². The maximum Gasteiger partial charge on any atom is 0.102 e. The lowest BCUT2D eigenvalue weighted by atomic mass is 10.0. The van der Waals surface area contributed by atoms with Crippen LogP contribution in [0.1, 0.15) is 36.3 Å². The molecule has 0 saturated carbocycles. The van der Waals surface area contributed by atoms with E-state index in [0.717, 1.165) is 51.2 Å². The molecule has 2 unspecified atom stereocenters. The first kappa shape index (κ1) is 26.3. The van der Waals surface area contributed by atoms with Gasteiger partial charge in [-0.3, -0.25) is 14.3 Å². The lowest BCUT2D eigenvalue weighted by Gasteiger charge is -2.09. The van der Waals surface area contributed by atoms with Crippen LogP contribution in [-0.4, -0.2) is 30.6 Å². The van der Waals surface area contributed by atoms with E-state index >= 15 is 0 Å². The highest BCUT2D eigenvalue weighted by atomic mass is 35.5. The molecule has 2 aromatic heterocycles. The Balaban J connectivity index is 0.000000837. The third-order valence-corrected chi connectivity index (χ3v) is 6.26. The minimum absolute atomic E-state index is 0.314. The summed E-state index contributed by atoms with van der Waals surface area (Å²) in [6, 6.07) is 11.9. The first-order chi connectivity index (χ1) is 15.3. The van der Waals surface area contributed by atoms with Crippen molar-refractivity contribution in [3.05, 3.63) is 76.3 Å². The van der Waals surface area contributed by atoms with Gasteiger partial charge in [-0.05, 0) is 41.1 Å². The molecule has 4 N–H and O–H groups in total. The lowest BCUT2D eigenvalue weighted by Crippen LogP contribution is -2.02. The smallest absolute Gasteiger partial charge is 0.102 e. The van der Waals surface area contributed by atoms with Crippen LogP contribution in [-0.2, 0) is 17.7 Å². The first-order valence-electron chi connectivity index (χ1n) is 9.90. The Morgan fingerprint density at radius 1 is 1.41 bits per heavy atom. The molecule has 0 aliphatic carbocycles. The van der Waals surface area contributed by atoms with Gasteiger partial charge in [-0.1, -0.05) is 55.8 Å². The number of hydrogen-bond acceptors (Lipinski definition) is 6. The standard InChI is InChI=1S/C23H24ClNO2S.H3NO2S/c1-3-6-20(24)15(4-2)11-18-12-17-7-5-8-19(23(17)28-18)21-13-16(9-10-25-21)22(27)14-26;1-4(2)3/h4-5,7-10,12-13,22,26-27H,2-3,6,11,14H2,1H3;1H2,(H,2,3)/p-1/b20-15-;. The summed E-state index contributed by atoms with van der Waals surface area (Å²) in [4.78, 5) is 5.70. The van der Waals surface area contributed by atoms with Crippen LogP contribution in [0, 0.1) is 0 Å². The molecule has 3 aromatic rings. The fourth-order valence-electron chi connectivity index (χ4n) is 3.16. The highest BCUT2D eigenvalue weighted by molar-refractivity contribution is 7.76. The van der Waals surface area contributed by atoms with Gasteiger partial charge in [0.15, 0.2) is 0 Å². The molecule has 2 heterocycles. The number of hydrogen-bond donors (Lipinski definition) is 3. The Hall–Kier alpha value is -1.91. The molecular weight excluding hydrogens is 468 g/mol. The summed E-state index contributed by atoms with van der Waals surface area (Å²) in [6.45, 7) is 5.72. The zero-order chi connectivity index (χ0) is 23.7. The average molecular weight is 494 g/mol. The monoisotopic (exact) mass is 493 g/mol. The van der Waals surface area contributed by atoms with E-state index in [1.165, 1.54) is 4.88 Å². The van der Waals surface area contributed by atoms with Crippen LogP contribution in [0.3, 0.4) is 0 Å². The Kier molecular flexibility index (Phi) is 10.7. The Morgan fingerprint density at radius 3 is 2.75 bits per heavy atom. The minimum Gasteiger partial charge on any atom is -0.760 e. The van der Waals surface area contributed by atoms with Crippen LogP contribution in [0.5, 0.6) is 0 Å². The van der Waals surface area contributed by atoms with Crippen molar-refractivity contribution >= 4 is 44.3 Å². The van der Waals surface area contributed by atoms with Crippen LogP contribution in [0.15, 0.2) is 65.9 Å². The van der Waals surface area contributed by atoms with Crippen LogP contribution in [0.2, 0.25) is 0 Å². The summed E-state index contributed by atoms with van der Waals surface area (Å²) in [5.41, 5.74) is 3.53.